The van der Waals surface area contributed by atoms with Gasteiger partial charge in [0.2, 0.25) is 15.9 Å². The molecule has 1 aliphatic carbocycles. The highest BCUT2D eigenvalue weighted by Crippen LogP contribution is 2.47. The van der Waals surface area contributed by atoms with Crippen molar-refractivity contribution in [1.82, 2.24) is 9.62 Å². The second-order valence-electron chi connectivity index (χ2n) is 9.22. The number of anilines is 1. The Morgan fingerprint density at radius 3 is 2.48 bits per heavy atom. The maximum atomic E-state index is 13.5. The minimum atomic E-state index is -4.67. The Kier molecular flexibility index (Phi) is 6.12. The van der Waals surface area contributed by atoms with Gasteiger partial charge in [0.25, 0.3) is 0 Å². The number of piperidine rings is 1. The van der Waals surface area contributed by atoms with Crippen molar-refractivity contribution in [3.05, 3.63) is 29.3 Å². The molecule has 1 aromatic carbocycles. The Labute approximate surface area is 191 Å². The highest BCUT2D eigenvalue weighted by molar-refractivity contribution is 7.89. The molecule has 180 valence electrons. The van der Waals surface area contributed by atoms with E-state index in [2.05, 4.69) is 5.32 Å². The number of carbonyl (C=O) groups is 1. The third-order valence-corrected chi connectivity index (χ3v) is 9.04. The van der Waals surface area contributed by atoms with Crippen molar-refractivity contribution in [2.75, 3.05) is 36.8 Å². The van der Waals surface area contributed by atoms with Gasteiger partial charge >= 0.3 is 6.18 Å². The van der Waals surface area contributed by atoms with E-state index in [4.69, 9.17) is 5.26 Å². The molecule has 1 atom stereocenters. The third kappa shape index (κ3) is 4.68. The lowest BCUT2D eigenvalue weighted by Crippen LogP contribution is -2.50. The van der Waals surface area contributed by atoms with Gasteiger partial charge < -0.3 is 10.2 Å². The zero-order valence-electron chi connectivity index (χ0n) is 18.4. The molecule has 1 unspecified atom stereocenters. The number of nitriles is 1. The van der Waals surface area contributed by atoms with Gasteiger partial charge in [0.15, 0.2) is 0 Å². The van der Waals surface area contributed by atoms with Crippen LogP contribution in [0.1, 0.15) is 43.7 Å². The molecular formula is C22H27F3N4O3S. The Morgan fingerprint density at radius 2 is 1.94 bits per heavy atom. The minimum absolute atomic E-state index is 0.00315. The van der Waals surface area contributed by atoms with Gasteiger partial charge in [-0.1, -0.05) is 0 Å². The van der Waals surface area contributed by atoms with Gasteiger partial charge in [0.1, 0.15) is 0 Å². The van der Waals surface area contributed by atoms with E-state index in [1.807, 2.05) is 0 Å². The Bertz CT molecular complexity index is 1070. The van der Waals surface area contributed by atoms with Crippen LogP contribution in [0.4, 0.5) is 18.9 Å². The van der Waals surface area contributed by atoms with E-state index in [1.54, 1.807) is 17.9 Å². The first-order chi connectivity index (χ1) is 15.5. The quantitative estimate of drug-likeness (QED) is 0.694. The number of halogens is 3. The first kappa shape index (κ1) is 23.8. The average molecular weight is 485 g/mol. The smallest absolute Gasteiger partial charge is 0.370 e. The molecule has 33 heavy (non-hydrogen) atoms. The summed E-state index contributed by atoms with van der Waals surface area (Å²) in [5.41, 5.74) is -1.65. The van der Waals surface area contributed by atoms with Crippen LogP contribution in [-0.4, -0.2) is 56.6 Å². The fourth-order valence-electron chi connectivity index (χ4n) is 5.02. The molecule has 4 rings (SSSR count). The van der Waals surface area contributed by atoms with Crippen LogP contribution in [-0.2, 0) is 21.0 Å². The van der Waals surface area contributed by atoms with Crippen molar-refractivity contribution in [3.63, 3.8) is 0 Å². The first-order valence-electron chi connectivity index (χ1n) is 11.1. The van der Waals surface area contributed by atoms with Crippen LogP contribution >= 0.6 is 0 Å². The van der Waals surface area contributed by atoms with E-state index in [1.165, 1.54) is 16.4 Å². The van der Waals surface area contributed by atoms with E-state index in [0.29, 0.717) is 38.2 Å². The summed E-state index contributed by atoms with van der Waals surface area (Å²) in [7, 11) is -3.35. The van der Waals surface area contributed by atoms with Crippen molar-refractivity contribution in [3.8, 4) is 6.07 Å². The first-order valence-corrected chi connectivity index (χ1v) is 12.7. The summed E-state index contributed by atoms with van der Waals surface area (Å²) in [6.07, 6.45) is -1.90. The third-order valence-electron chi connectivity index (χ3n) is 7.16. The normalized spacial score (nSPS) is 23.5. The molecule has 1 spiro atoms. The SMILES string of the molecule is CCS(=O)(=O)N1CCC2(CC1)CN(c1ccc(C#N)c(C(F)(F)F)c1)CC2C(=O)NC1CC1. The van der Waals surface area contributed by atoms with E-state index in [-0.39, 0.29) is 24.2 Å². The van der Waals surface area contributed by atoms with E-state index >= 15 is 0 Å². The summed E-state index contributed by atoms with van der Waals surface area (Å²) in [5, 5.41) is 12.1. The summed E-state index contributed by atoms with van der Waals surface area (Å²) >= 11 is 0. The molecule has 11 heteroatoms. The topological polar surface area (TPSA) is 93.5 Å². The van der Waals surface area contributed by atoms with Crippen molar-refractivity contribution >= 4 is 21.6 Å². The number of alkyl halides is 3. The van der Waals surface area contributed by atoms with E-state index < -0.39 is 38.7 Å². The summed E-state index contributed by atoms with van der Waals surface area (Å²) in [4.78, 5) is 14.9. The lowest BCUT2D eigenvalue weighted by atomic mass is 9.71. The number of amides is 1. The lowest BCUT2D eigenvalue weighted by Gasteiger charge is -2.41. The predicted molar refractivity (Wildman–Crippen MR) is 116 cm³/mol. The molecule has 2 aliphatic heterocycles. The molecule has 3 aliphatic rings. The van der Waals surface area contributed by atoms with Gasteiger partial charge in [-0.2, -0.15) is 18.4 Å². The number of rotatable bonds is 5. The summed E-state index contributed by atoms with van der Waals surface area (Å²) in [5.74, 6) is -0.561. The van der Waals surface area contributed by atoms with Crippen molar-refractivity contribution in [2.24, 2.45) is 11.3 Å². The fraction of sp³-hybridized carbons (Fsp3) is 0.636. The second kappa shape index (κ2) is 8.47. The van der Waals surface area contributed by atoms with Crippen LogP contribution in [0.15, 0.2) is 18.2 Å². The number of sulfonamides is 1. The molecule has 1 N–H and O–H groups in total. The van der Waals surface area contributed by atoms with Crippen molar-refractivity contribution < 1.29 is 26.4 Å². The fourth-order valence-corrected chi connectivity index (χ4v) is 6.12. The van der Waals surface area contributed by atoms with Gasteiger partial charge in [-0.3, -0.25) is 4.79 Å². The molecule has 7 nitrogen and oxygen atoms in total. The largest absolute Gasteiger partial charge is 0.417 e. The number of carbonyl (C=O) groups excluding carboxylic acids is 1. The van der Waals surface area contributed by atoms with Crippen molar-refractivity contribution in [2.45, 2.75) is 44.8 Å². The maximum absolute atomic E-state index is 13.5. The van der Waals surface area contributed by atoms with Gasteiger partial charge in [0, 0.05) is 43.3 Å². The Balaban J connectivity index is 1.62. The summed E-state index contributed by atoms with van der Waals surface area (Å²) in [6, 6.07) is 5.37. The van der Waals surface area contributed by atoms with Gasteiger partial charge in [-0.15, -0.1) is 0 Å². The van der Waals surface area contributed by atoms with Gasteiger partial charge in [0.05, 0.1) is 28.9 Å². The number of nitrogens with one attached hydrogen (secondary N) is 1. The maximum Gasteiger partial charge on any atom is 0.417 e. The highest BCUT2D eigenvalue weighted by Gasteiger charge is 2.52. The molecule has 0 radical (unpaired) electrons. The van der Waals surface area contributed by atoms with Crippen LogP contribution in [0.2, 0.25) is 0 Å². The number of hydrogen-bond acceptors (Lipinski definition) is 5. The van der Waals surface area contributed by atoms with Crippen LogP contribution in [0.5, 0.6) is 0 Å². The van der Waals surface area contributed by atoms with Gasteiger partial charge in [-0.05, 0) is 50.8 Å². The van der Waals surface area contributed by atoms with Gasteiger partial charge in [-0.25, -0.2) is 12.7 Å². The number of hydrogen-bond donors (Lipinski definition) is 1. The molecule has 1 aromatic rings. The van der Waals surface area contributed by atoms with E-state index in [9.17, 15) is 26.4 Å². The summed E-state index contributed by atoms with van der Waals surface area (Å²) in [6.45, 7) is 2.78. The second-order valence-corrected chi connectivity index (χ2v) is 11.5. The molecule has 0 bridgehead atoms. The molecule has 3 fully saturated rings. The predicted octanol–water partition coefficient (Wildman–Crippen LogP) is 2.72. The van der Waals surface area contributed by atoms with Crippen LogP contribution < -0.4 is 10.2 Å². The number of benzene rings is 1. The van der Waals surface area contributed by atoms with Crippen molar-refractivity contribution in [1.29, 1.82) is 5.26 Å². The Hall–Kier alpha value is -2.32. The molecule has 1 amide bonds. The van der Waals surface area contributed by atoms with E-state index in [0.717, 1.165) is 18.9 Å². The van der Waals surface area contributed by atoms with Crippen LogP contribution in [0, 0.1) is 22.7 Å². The zero-order chi connectivity index (χ0) is 24.0. The molecular weight excluding hydrogens is 457 g/mol. The monoisotopic (exact) mass is 484 g/mol. The minimum Gasteiger partial charge on any atom is -0.370 e. The summed E-state index contributed by atoms with van der Waals surface area (Å²) < 4.78 is 66.6. The highest BCUT2D eigenvalue weighted by atomic mass is 32.2. The average Bonchev–Trinajstić information content (AvgIpc) is 3.52. The number of nitrogens with zero attached hydrogens (tertiary/aromatic N) is 3. The lowest BCUT2D eigenvalue weighted by molar-refractivity contribution is -0.137. The molecule has 2 heterocycles. The molecule has 0 aromatic heterocycles. The zero-order valence-corrected chi connectivity index (χ0v) is 19.2. The Morgan fingerprint density at radius 1 is 1.27 bits per heavy atom. The molecule has 1 saturated carbocycles. The van der Waals surface area contributed by atoms with Crippen LogP contribution in [0.3, 0.4) is 0 Å². The van der Waals surface area contributed by atoms with Crippen LogP contribution in [0.25, 0.3) is 0 Å². The molecule has 2 saturated heterocycles. The standard InChI is InChI=1S/C22H27F3N4O3S/c1-2-33(31,32)29-9-7-21(8-10-29)14-28(13-19(21)20(30)27-16-4-5-16)17-6-3-15(12-26)18(11-17)22(23,24)25/h3,6,11,16,19H,2,4-5,7-10,13-14H2,1H3,(H,27,30).